The van der Waals surface area contributed by atoms with E-state index in [1.807, 2.05) is 6.92 Å². The van der Waals surface area contributed by atoms with Crippen LogP contribution in [0.2, 0.25) is 0 Å². The van der Waals surface area contributed by atoms with Gasteiger partial charge in [-0.2, -0.15) is 8.42 Å². The maximum Gasteiger partial charge on any atom is 0.339 e. The highest BCUT2D eigenvalue weighted by molar-refractivity contribution is 9.10. The van der Waals surface area contributed by atoms with Gasteiger partial charge in [0.1, 0.15) is 10.5 Å². The minimum absolute atomic E-state index is 0.0376. The van der Waals surface area contributed by atoms with Crippen molar-refractivity contribution in [3.8, 4) is 5.75 Å². The van der Waals surface area contributed by atoms with Crippen LogP contribution >= 0.6 is 15.9 Å². The molecule has 0 aliphatic rings. The first-order chi connectivity index (χ1) is 9.79. The van der Waals surface area contributed by atoms with Gasteiger partial charge in [0.15, 0.2) is 5.75 Å². The van der Waals surface area contributed by atoms with E-state index in [-0.39, 0.29) is 16.2 Å². The van der Waals surface area contributed by atoms with Crippen LogP contribution in [0.5, 0.6) is 5.75 Å². The zero-order valence-corrected chi connectivity index (χ0v) is 13.3. The SMILES string of the molecule is Cc1ccc(S(=O)(=O)Oc2cc(Br)ccc2C(=O)O)cc1. The average molecular weight is 371 g/mol. The van der Waals surface area contributed by atoms with Crippen molar-refractivity contribution >= 4 is 32.0 Å². The Kier molecular flexibility index (Phi) is 4.34. The van der Waals surface area contributed by atoms with Gasteiger partial charge in [-0.3, -0.25) is 0 Å². The summed E-state index contributed by atoms with van der Waals surface area (Å²) in [4.78, 5) is 11.1. The largest absolute Gasteiger partial charge is 0.478 e. The normalized spacial score (nSPS) is 11.1. The van der Waals surface area contributed by atoms with Crippen molar-refractivity contribution in [2.24, 2.45) is 0 Å². The average Bonchev–Trinajstić information content (AvgIpc) is 2.38. The third-order valence-electron chi connectivity index (χ3n) is 2.68. The molecule has 1 N–H and O–H groups in total. The van der Waals surface area contributed by atoms with Gasteiger partial charge in [0, 0.05) is 4.47 Å². The van der Waals surface area contributed by atoms with Crippen LogP contribution in [-0.4, -0.2) is 19.5 Å². The second kappa shape index (κ2) is 5.87. The number of carboxylic acids is 1. The second-order valence-electron chi connectivity index (χ2n) is 4.30. The standard InChI is InChI=1S/C14H11BrO5S/c1-9-2-5-11(6-3-9)21(18,19)20-13-8-10(15)4-7-12(13)14(16)17/h2-8H,1H3,(H,16,17). The minimum atomic E-state index is -4.09. The molecule has 0 aliphatic heterocycles. The Bertz CT molecular complexity index is 782. The summed E-state index contributed by atoms with van der Waals surface area (Å²) in [6.45, 7) is 1.83. The Morgan fingerprint density at radius 1 is 1.14 bits per heavy atom. The second-order valence-corrected chi connectivity index (χ2v) is 6.76. The van der Waals surface area contributed by atoms with E-state index < -0.39 is 16.1 Å². The number of aromatic carboxylic acids is 1. The van der Waals surface area contributed by atoms with Crippen LogP contribution in [-0.2, 0) is 10.1 Å². The molecular weight excluding hydrogens is 360 g/mol. The maximum atomic E-state index is 12.2. The smallest absolute Gasteiger partial charge is 0.339 e. The number of hydrogen-bond donors (Lipinski definition) is 1. The summed E-state index contributed by atoms with van der Waals surface area (Å²) in [6, 6.07) is 10.1. The molecule has 0 unspecified atom stereocenters. The van der Waals surface area contributed by atoms with Crippen LogP contribution in [0, 0.1) is 6.92 Å². The minimum Gasteiger partial charge on any atom is -0.478 e. The Balaban J connectivity index is 2.43. The van der Waals surface area contributed by atoms with Gasteiger partial charge in [-0.1, -0.05) is 33.6 Å². The Morgan fingerprint density at radius 2 is 1.76 bits per heavy atom. The third-order valence-corrected chi connectivity index (χ3v) is 4.42. The molecule has 0 spiro atoms. The number of rotatable bonds is 4. The van der Waals surface area contributed by atoms with Crippen molar-refractivity contribution in [2.75, 3.05) is 0 Å². The molecule has 110 valence electrons. The number of aryl methyl sites for hydroxylation is 1. The molecule has 0 saturated carbocycles. The highest BCUT2D eigenvalue weighted by atomic mass is 79.9. The molecule has 0 radical (unpaired) electrons. The van der Waals surface area contributed by atoms with Crippen LogP contribution in [0.25, 0.3) is 0 Å². The summed E-state index contributed by atoms with van der Waals surface area (Å²) in [5.41, 5.74) is 0.677. The number of carbonyl (C=O) groups is 1. The maximum absolute atomic E-state index is 12.2. The van der Waals surface area contributed by atoms with Gasteiger partial charge < -0.3 is 9.29 Å². The molecule has 2 aromatic carbocycles. The van der Waals surface area contributed by atoms with Gasteiger partial charge in [-0.25, -0.2) is 4.79 Å². The van der Waals surface area contributed by atoms with E-state index in [9.17, 15) is 13.2 Å². The van der Waals surface area contributed by atoms with E-state index in [4.69, 9.17) is 9.29 Å². The molecule has 0 bridgehead atoms. The zero-order chi connectivity index (χ0) is 15.6. The molecule has 5 nitrogen and oxygen atoms in total. The first kappa shape index (κ1) is 15.5. The first-order valence-corrected chi connectivity index (χ1v) is 8.04. The van der Waals surface area contributed by atoms with Gasteiger partial charge in [0.2, 0.25) is 0 Å². The fraction of sp³-hybridized carbons (Fsp3) is 0.0714. The van der Waals surface area contributed by atoms with Crippen LogP contribution in [0.3, 0.4) is 0 Å². The summed E-state index contributed by atoms with van der Waals surface area (Å²) >= 11 is 3.15. The summed E-state index contributed by atoms with van der Waals surface area (Å²) in [5, 5.41) is 9.07. The third kappa shape index (κ3) is 3.62. The molecule has 0 heterocycles. The molecule has 0 saturated heterocycles. The van der Waals surface area contributed by atoms with E-state index in [1.54, 1.807) is 12.1 Å². The molecule has 7 heteroatoms. The first-order valence-electron chi connectivity index (χ1n) is 5.83. The molecule has 0 fully saturated rings. The highest BCUT2D eigenvalue weighted by Crippen LogP contribution is 2.27. The Hall–Kier alpha value is -1.86. The zero-order valence-electron chi connectivity index (χ0n) is 10.9. The van der Waals surface area contributed by atoms with Gasteiger partial charge in [0.05, 0.1) is 0 Å². The van der Waals surface area contributed by atoms with Crippen LogP contribution in [0.15, 0.2) is 51.8 Å². The van der Waals surface area contributed by atoms with Crippen molar-refractivity contribution in [1.82, 2.24) is 0 Å². The molecule has 2 rings (SSSR count). The van der Waals surface area contributed by atoms with Crippen LogP contribution in [0.1, 0.15) is 15.9 Å². The van der Waals surface area contributed by atoms with Gasteiger partial charge in [-0.15, -0.1) is 0 Å². The van der Waals surface area contributed by atoms with E-state index in [0.717, 1.165) is 5.56 Å². The summed E-state index contributed by atoms with van der Waals surface area (Å²) in [6.07, 6.45) is 0. The highest BCUT2D eigenvalue weighted by Gasteiger charge is 2.21. The quantitative estimate of drug-likeness (QED) is 0.835. The van der Waals surface area contributed by atoms with Gasteiger partial charge >= 0.3 is 16.1 Å². The molecular formula is C14H11BrO5S. The van der Waals surface area contributed by atoms with Crippen molar-refractivity contribution in [1.29, 1.82) is 0 Å². The summed E-state index contributed by atoms with van der Waals surface area (Å²) in [7, 11) is -4.09. The Labute approximate surface area is 130 Å². The molecule has 21 heavy (non-hydrogen) atoms. The lowest BCUT2D eigenvalue weighted by Crippen LogP contribution is -2.12. The van der Waals surface area contributed by atoms with Gasteiger partial charge in [-0.05, 0) is 37.3 Å². The van der Waals surface area contributed by atoms with E-state index >= 15 is 0 Å². The number of benzene rings is 2. The van der Waals surface area contributed by atoms with Crippen molar-refractivity contribution < 1.29 is 22.5 Å². The van der Waals surface area contributed by atoms with Crippen molar-refractivity contribution in [3.63, 3.8) is 0 Å². The van der Waals surface area contributed by atoms with Crippen molar-refractivity contribution in [3.05, 3.63) is 58.1 Å². The lowest BCUT2D eigenvalue weighted by molar-refractivity contribution is 0.0695. The fourth-order valence-electron chi connectivity index (χ4n) is 1.61. The van der Waals surface area contributed by atoms with Gasteiger partial charge in [0.25, 0.3) is 0 Å². The van der Waals surface area contributed by atoms with Crippen LogP contribution in [0.4, 0.5) is 0 Å². The fourth-order valence-corrected chi connectivity index (χ4v) is 2.89. The van der Waals surface area contributed by atoms with Crippen molar-refractivity contribution in [2.45, 2.75) is 11.8 Å². The molecule has 2 aromatic rings. The predicted octanol–water partition coefficient (Wildman–Crippen LogP) is 3.22. The topological polar surface area (TPSA) is 80.7 Å². The molecule has 0 atom stereocenters. The summed E-state index contributed by atoms with van der Waals surface area (Å²) in [5.74, 6) is -1.51. The van der Waals surface area contributed by atoms with E-state index in [2.05, 4.69) is 15.9 Å². The molecule has 0 aromatic heterocycles. The molecule has 0 aliphatic carbocycles. The van der Waals surface area contributed by atoms with Crippen LogP contribution < -0.4 is 4.18 Å². The predicted molar refractivity (Wildman–Crippen MR) is 80.1 cm³/mol. The van der Waals surface area contributed by atoms with E-state index in [0.29, 0.717) is 4.47 Å². The Morgan fingerprint density at radius 3 is 2.33 bits per heavy atom. The molecule has 0 amide bonds. The lowest BCUT2D eigenvalue weighted by Gasteiger charge is -2.10. The summed E-state index contributed by atoms with van der Waals surface area (Å²) < 4.78 is 29.8. The number of halogens is 1. The van der Waals surface area contributed by atoms with E-state index in [1.165, 1.54) is 30.3 Å². The lowest BCUT2D eigenvalue weighted by atomic mass is 10.2. The number of hydrogen-bond acceptors (Lipinski definition) is 4. The number of carboxylic acid groups (broad SMARTS) is 1. The monoisotopic (exact) mass is 370 g/mol.